The van der Waals surface area contributed by atoms with E-state index in [1.165, 1.54) is 5.56 Å². The minimum atomic E-state index is 0.0154. The predicted molar refractivity (Wildman–Crippen MR) is 96.9 cm³/mol. The van der Waals surface area contributed by atoms with E-state index < -0.39 is 0 Å². The number of hydrogen-bond donors (Lipinski definition) is 1. The van der Waals surface area contributed by atoms with Gasteiger partial charge in [0.15, 0.2) is 0 Å². The van der Waals surface area contributed by atoms with Gasteiger partial charge in [-0.25, -0.2) is 0 Å². The molecule has 1 saturated carbocycles. The maximum absolute atomic E-state index is 12.5. The quantitative estimate of drug-likeness (QED) is 0.758. The number of carbonyl (C=O) groups is 1. The fourth-order valence-corrected chi connectivity index (χ4v) is 3.05. The lowest BCUT2D eigenvalue weighted by Gasteiger charge is -2.06. The van der Waals surface area contributed by atoms with Crippen LogP contribution in [0.5, 0.6) is 5.75 Å². The lowest BCUT2D eigenvalue weighted by atomic mass is 10.1. The number of aryl methyl sites for hydroxylation is 1. The third-order valence-electron chi connectivity index (χ3n) is 4.60. The van der Waals surface area contributed by atoms with Gasteiger partial charge in [-0.05, 0) is 54.3 Å². The number of nitrogens with one attached hydrogen (secondary N) is 1. The molecule has 6 nitrogen and oxygen atoms in total. The van der Waals surface area contributed by atoms with Crippen molar-refractivity contribution < 1.29 is 13.9 Å². The highest BCUT2D eigenvalue weighted by molar-refractivity contribution is 5.95. The Morgan fingerprint density at radius 1 is 1.12 bits per heavy atom. The number of carbonyl (C=O) groups excluding carboxylic acids is 1. The number of rotatable bonds is 5. The normalized spacial score (nSPS) is 18.4. The highest BCUT2D eigenvalue weighted by Crippen LogP contribution is 2.48. The maximum atomic E-state index is 12.5. The third kappa shape index (κ3) is 3.31. The summed E-state index contributed by atoms with van der Waals surface area (Å²) in [6.07, 6.45) is 0.873. The van der Waals surface area contributed by atoms with Crippen LogP contribution >= 0.6 is 0 Å². The minimum absolute atomic E-state index is 0.0154. The molecule has 26 heavy (non-hydrogen) atoms. The van der Waals surface area contributed by atoms with Crippen LogP contribution in [0.15, 0.2) is 52.9 Å². The molecule has 132 valence electrons. The molecule has 1 aliphatic rings. The zero-order chi connectivity index (χ0) is 18.1. The molecule has 1 N–H and O–H groups in total. The van der Waals surface area contributed by atoms with Crippen LogP contribution in [0.3, 0.4) is 0 Å². The van der Waals surface area contributed by atoms with Crippen LogP contribution in [-0.2, 0) is 4.79 Å². The Labute approximate surface area is 151 Å². The van der Waals surface area contributed by atoms with E-state index in [2.05, 4.69) is 15.5 Å². The topological polar surface area (TPSA) is 77.2 Å². The molecule has 0 aliphatic heterocycles. The molecule has 3 aromatic rings. The molecule has 4 rings (SSSR count). The van der Waals surface area contributed by atoms with E-state index >= 15 is 0 Å². The second kappa shape index (κ2) is 6.63. The fraction of sp³-hybridized carbons (Fsp3) is 0.250. The largest absolute Gasteiger partial charge is 0.497 e. The lowest BCUT2D eigenvalue weighted by Crippen LogP contribution is -2.14. The van der Waals surface area contributed by atoms with E-state index in [-0.39, 0.29) is 17.7 Å². The number of benzene rings is 2. The van der Waals surface area contributed by atoms with Gasteiger partial charge in [-0.15, -0.1) is 10.2 Å². The van der Waals surface area contributed by atoms with Gasteiger partial charge in [0.1, 0.15) is 5.75 Å². The highest BCUT2D eigenvalue weighted by atomic mass is 16.5. The molecule has 6 heteroatoms. The highest BCUT2D eigenvalue weighted by Gasteiger charge is 2.43. The summed E-state index contributed by atoms with van der Waals surface area (Å²) in [5.74, 6) is 2.17. The molecular weight excluding hydrogens is 330 g/mol. The summed E-state index contributed by atoms with van der Waals surface area (Å²) in [5, 5.41) is 10.8. The molecule has 2 atom stereocenters. The van der Waals surface area contributed by atoms with Crippen molar-refractivity contribution in [2.75, 3.05) is 12.4 Å². The third-order valence-corrected chi connectivity index (χ3v) is 4.60. The molecule has 0 bridgehead atoms. The van der Waals surface area contributed by atoms with E-state index in [0.717, 1.165) is 23.4 Å². The number of ether oxygens (including phenoxy) is 1. The average molecular weight is 349 g/mol. The molecule has 0 saturated heterocycles. The van der Waals surface area contributed by atoms with E-state index in [0.29, 0.717) is 11.8 Å². The smallest absolute Gasteiger partial charge is 0.247 e. The molecule has 1 heterocycles. The molecule has 1 aromatic heterocycles. The molecule has 0 spiro atoms. The van der Waals surface area contributed by atoms with E-state index in [1.54, 1.807) is 14.0 Å². The Kier molecular flexibility index (Phi) is 4.16. The van der Waals surface area contributed by atoms with E-state index in [4.69, 9.17) is 9.15 Å². The molecule has 1 aliphatic carbocycles. The van der Waals surface area contributed by atoms with Crippen LogP contribution in [0, 0.1) is 12.8 Å². The Hall–Kier alpha value is -3.15. The van der Waals surface area contributed by atoms with Gasteiger partial charge in [-0.1, -0.05) is 12.1 Å². The molecule has 0 radical (unpaired) electrons. The van der Waals surface area contributed by atoms with Crippen molar-refractivity contribution in [3.63, 3.8) is 0 Å². The first kappa shape index (κ1) is 16.3. The van der Waals surface area contributed by atoms with Crippen LogP contribution in [0.4, 0.5) is 5.69 Å². The Morgan fingerprint density at radius 3 is 2.46 bits per heavy atom. The van der Waals surface area contributed by atoms with Crippen LogP contribution in [0.1, 0.15) is 23.8 Å². The summed E-state index contributed by atoms with van der Waals surface area (Å²) in [7, 11) is 1.65. The molecule has 0 unspecified atom stereocenters. The maximum Gasteiger partial charge on any atom is 0.247 e. The predicted octanol–water partition coefficient (Wildman–Crippen LogP) is 3.80. The van der Waals surface area contributed by atoms with Crippen molar-refractivity contribution in [1.82, 2.24) is 10.2 Å². The van der Waals surface area contributed by atoms with Crippen molar-refractivity contribution in [3.05, 3.63) is 60.0 Å². The summed E-state index contributed by atoms with van der Waals surface area (Å²) in [6.45, 7) is 1.75. The molecule has 1 fully saturated rings. The fourth-order valence-electron chi connectivity index (χ4n) is 3.05. The average Bonchev–Trinajstić information content (AvgIpc) is 3.36. The number of amides is 1. The summed E-state index contributed by atoms with van der Waals surface area (Å²) in [5.41, 5.74) is 2.76. The Balaban J connectivity index is 1.38. The van der Waals surface area contributed by atoms with Crippen LogP contribution in [0.2, 0.25) is 0 Å². The van der Waals surface area contributed by atoms with Gasteiger partial charge < -0.3 is 14.5 Å². The van der Waals surface area contributed by atoms with Crippen LogP contribution in [0.25, 0.3) is 11.5 Å². The van der Waals surface area contributed by atoms with E-state index in [1.807, 2.05) is 48.5 Å². The number of aromatic nitrogens is 2. The van der Waals surface area contributed by atoms with Crippen molar-refractivity contribution in [1.29, 1.82) is 0 Å². The van der Waals surface area contributed by atoms with Gasteiger partial charge in [0, 0.05) is 24.1 Å². The van der Waals surface area contributed by atoms with Crippen molar-refractivity contribution >= 4 is 11.6 Å². The second-order valence-corrected chi connectivity index (χ2v) is 6.41. The van der Waals surface area contributed by atoms with Crippen LogP contribution < -0.4 is 10.1 Å². The monoisotopic (exact) mass is 349 g/mol. The first-order chi connectivity index (χ1) is 12.6. The van der Waals surface area contributed by atoms with Crippen LogP contribution in [-0.4, -0.2) is 23.2 Å². The number of anilines is 1. The first-order valence-electron chi connectivity index (χ1n) is 8.49. The Bertz CT molecular complexity index is 916. The number of nitrogens with zero attached hydrogens (tertiary/aromatic N) is 2. The summed E-state index contributed by atoms with van der Waals surface area (Å²) >= 11 is 0. The van der Waals surface area contributed by atoms with Crippen molar-refractivity contribution in [2.24, 2.45) is 5.92 Å². The zero-order valence-electron chi connectivity index (χ0n) is 14.6. The molecular formula is C20H19N3O3. The number of hydrogen-bond acceptors (Lipinski definition) is 5. The standard InChI is InChI=1S/C20H19N3O3/c1-12-22-23-20(26-12)14-3-7-15(8-4-14)21-19(24)18-11-17(18)13-5-9-16(25-2)10-6-13/h3-10,17-18H,11H2,1-2H3,(H,21,24)/t17-,18-/m1/s1. The van der Waals surface area contributed by atoms with Crippen molar-refractivity contribution in [3.8, 4) is 17.2 Å². The molecule has 2 aromatic carbocycles. The second-order valence-electron chi connectivity index (χ2n) is 6.41. The lowest BCUT2D eigenvalue weighted by molar-refractivity contribution is -0.117. The summed E-state index contributed by atoms with van der Waals surface area (Å²) in [4.78, 5) is 12.5. The molecule has 1 amide bonds. The van der Waals surface area contributed by atoms with E-state index in [9.17, 15) is 4.79 Å². The summed E-state index contributed by atoms with van der Waals surface area (Å²) in [6, 6.07) is 15.3. The zero-order valence-corrected chi connectivity index (χ0v) is 14.6. The van der Waals surface area contributed by atoms with Gasteiger partial charge in [0.25, 0.3) is 0 Å². The summed E-state index contributed by atoms with van der Waals surface area (Å²) < 4.78 is 10.6. The first-order valence-corrected chi connectivity index (χ1v) is 8.49. The van der Waals surface area contributed by atoms with Crippen molar-refractivity contribution in [2.45, 2.75) is 19.3 Å². The SMILES string of the molecule is COc1ccc([C@H]2C[C@H]2C(=O)Nc2ccc(-c3nnc(C)o3)cc2)cc1. The van der Waals surface area contributed by atoms with Gasteiger partial charge in [0.2, 0.25) is 17.7 Å². The minimum Gasteiger partial charge on any atom is -0.497 e. The van der Waals surface area contributed by atoms with Gasteiger partial charge in [-0.3, -0.25) is 4.79 Å². The Morgan fingerprint density at radius 2 is 1.85 bits per heavy atom. The number of methoxy groups -OCH3 is 1. The van der Waals surface area contributed by atoms with Gasteiger partial charge in [-0.2, -0.15) is 0 Å². The van der Waals surface area contributed by atoms with Gasteiger partial charge >= 0.3 is 0 Å². The van der Waals surface area contributed by atoms with Gasteiger partial charge in [0.05, 0.1) is 7.11 Å².